The molecule has 134 valence electrons. The molecule has 3 aromatic rings. The lowest BCUT2D eigenvalue weighted by Gasteiger charge is -2.18. The molecule has 3 rings (SSSR count). The number of aromatic hydroxyl groups is 1. The molecule has 4 N–H and O–H groups in total. The summed E-state index contributed by atoms with van der Waals surface area (Å²) in [5.41, 5.74) is 2.05. The van der Waals surface area contributed by atoms with Gasteiger partial charge in [-0.1, -0.05) is 35.9 Å². The molecule has 1 atom stereocenters. The van der Waals surface area contributed by atoms with Crippen LogP contribution in [0.15, 0.2) is 48.7 Å². The van der Waals surface area contributed by atoms with Crippen LogP contribution in [0.1, 0.15) is 12.5 Å². The van der Waals surface area contributed by atoms with E-state index in [9.17, 15) is 14.7 Å². The van der Waals surface area contributed by atoms with Crippen molar-refractivity contribution in [3.05, 3.63) is 59.2 Å². The maximum atomic E-state index is 12.7. The van der Waals surface area contributed by atoms with Crippen molar-refractivity contribution in [1.82, 2.24) is 10.3 Å². The monoisotopic (exact) mass is 371 g/mol. The highest BCUT2D eigenvalue weighted by Gasteiger charge is 2.22. The van der Waals surface area contributed by atoms with E-state index in [-0.39, 0.29) is 22.4 Å². The van der Waals surface area contributed by atoms with Crippen LogP contribution in [-0.4, -0.2) is 27.9 Å². The van der Waals surface area contributed by atoms with Crippen molar-refractivity contribution >= 4 is 40.0 Å². The zero-order valence-electron chi connectivity index (χ0n) is 14.0. The number of phenolic OH excluding ortho intramolecular Hbond substituents is 1. The first-order valence-electron chi connectivity index (χ1n) is 8.06. The summed E-state index contributed by atoms with van der Waals surface area (Å²) in [5, 5.41) is 16.4. The number of carbonyl (C=O) groups is 2. The van der Waals surface area contributed by atoms with E-state index < -0.39 is 11.9 Å². The van der Waals surface area contributed by atoms with E-state index in [1.165, 1.54) is 19.1 Å². The van der Waals surface area contributed by atoms with Crippen LogP contribution in [0.25, 0.3) is 10.9 Å². The number of amides is 2. The second kappa shape index (κ2) is 7.49. The number of fused-ring (bicyclic) bond motifs is 1. The quantitative estimate of drug-likeness (QED) is 0.519. The van der Waals surface area contributed by atoms with E-state index in [0.717, 1.165) is 16.5 Å². The molecule has 0 spiro atoms. The molecule has 2 aromatic carbocycles. The number of rotatable bonds is 5. The minimum Gasteiger partial charge on any atom is -0.504 e. The third-order valence-corrected chi connectivity index (χ3v) is 4.34. The number of H-pyrrole nitrogens is 1. The molecule has 1 aromatic heterocycles. The Morgan fingerprint density at radius 1 is 1.19 bits per heavy atom. The van der Waals surface area contributed by atoms with Crippen molar-refractivity contribution < 1.29 is 14.7 Å². The molecule has 1 heterocycles. The second-order valence-electron chi connectivity index (χ2n) is 5.94. The van der Waals surface area contributed by atoms with Gasteiger partial charge in [0, 0.05) is 30.4 Å². The van der Waals surface area contributed by atoms with Crippen molar-refractivity contribution in [2.75, 3.05) is 5.32 Å². The Morgan fingerprint density at radius 2 is 1.96 bits per heavy atom. The second-order valence-corrected chi connectivity index (χ2v) is 6.35. The molecule has 2 amide bonds. The highest BCUT2D eigenvalue weighted by atomic mass is 35.5. The maximum Gasteiger partial charge on any atom is 0.247 e. The average Bonchev–Trinajstić information content (AvgIpc) is 3.01. The number of phenols is 1. The van der Waals surface area contributed by atoms with Gasteiger partial charge in [-0.25, -0.2) is 0 Å². The van der Waals surface area contributed by atoms with Crippen LogP contribution in [0.3, 0.4) is 0 Å². The number of aromatic nitrogens is 1. The Hall–Kier alpha value is -2.99. The van der Waals surface area contributed by atoms with Gasteiger partial charge in [-0.05, 0) is 23.8 Å². The molecule has 0 fully saturated rings. The number of nitrogens with one attached hydrogen (secondary N) is 3. The Morgan fingerprint density at radius 3 is 2.73 bits per heavy atom. The topological polar surface area (TPSA) is 94.2 Å². The van der Waals surface area contributed by atoms with Crippen LogP contribution in [-0.2, 0) is 16.0 Å². The van der Waals surface area contributed by atoms with Crippen LogP contribution in [0.4, 0.5) is 5.69 Å². The van der Waals surface area contributed by atoms with E-state index in [1.807, 2.05) is 30.5 Å². The van der Waals surface area contributed by atoms with Crippen LogP contribution >= 0.6 is 11.6 Å². The molecule has 26 heavy (non-hydrogen) atoms. The van der Waals surface area contributed by atoms with Gasteiger partial charge in [0.05, 0.1) is 10.7 Å². The van der Waals surface area contributed by atoms with Gasteiger partial charge in [-0.15, -0.1) is 0 Å². The number of hydrogen-bond donors (Lipinski definition) is 4. The van der Waals surface area contributed by atoms with Crippen LogP contribution < -0.4 is 10.6 Å². The first-order chi connectivity index (χ1) is 12.5. The molecule has 1 unspecified atom stereocenters. The fourth-order valence-corrected chi connectivity index (χ4v) is 2.99. The summed E-state index contributed by atoms with van der Waals surface area (Å²) in [4.78, 5) is 27.4. The van der Waals surface area contributed by atoms with Gasteiger partial charge in [0.1, 0.15) is 6.04 Å². The first-order valence-corrected chi connectivity index (χ1v) is 8.44. The van der Waals surface area contributed by atoms with Gasteiger partial charge in [-0.2, -0.15) is 0 Å². The van der Waals surface area contributed by atoms with Crippen molar-refractivity contribution in [3.8, 4) is 5.75 Å². The number of para-hydroxylation sites is 2. The van der Waals surface area contributed by atoms with Crippen molar-refractivity contribution in [2.24, 2.45) is 0 Å². The zero-order valence-corrected chi connectivity index (χ0v) is 14.8. The Labute approximate surface area is 155 Å². The van der Waals surface area contributed by atoms with Crippen LogP contribution in [0, 0.1) is 0 Å². The van der Waals surface area contributed by atoms with Crippen LogP contribution in [0.5, 0.6) is 5.75 Å². The van der Waals surface area contributed by atoms with Crippen molar-refractivity contribution in [1.29, 1.82) is 0 Å². The van der Waals surface area contributed by atoms with E-state index in [4.69, 9.17) is 11.6 Å². The molecule has 0 aliphatic carbocycles. The summed E-state index contributed by atoms with van der Waals surface area (Å²) in [6.45, 7) is 1.35. The molecular formula is C19H18ClN3O3. The first kappa shape index (κ1) is 17.8. The molecule has 0 aliphatic heterocycles. The van der Waals surface area contributed by atoms with Gasteiger partial charge in [0.2, 0.25) is 11.8 Å². The van der Waals surface area contributed by atoms with E-state index in [2.05, 4.69) is 15.6 Å². The summed E-state index contributed by atoms with van der Waals surface area (Å²) < 4.78 is 0. The molecule has 0 radical (unpaired) electrons. The van der Waals surface area contributed by atoms with E-state index in [0.29, 0.717) is 6.42 Å². The lowest BCUT2D eigenvalue weighted by atomic mass is 10.0. The lowest BCUT2D eigenvalue weighted by molar-refractivity contribution is -0.125. The maximum absolute atomic E-state index is 12.7. The smallest absolute Gasteiger partial charge is 0.247 e. The largest absolute Gasteiger partial charge is 0.504 e. The molecule has 0 aliphatic rings. The minimum absolute atomic E-state index is 0.135. The van der Waals surface area contributed by atoms with Crippen molar-refractivity contribution in [2.45, 2.75) is 19.4 Å². The summed E-state index contributed by atoms with van der Waals surface area (Å²) in [5.74, 6) is -0.973. The highest BCUT2D eigenvalue weighted by molar-refractivity contribution is 6.32. The standard InChI is InChI=1S/C19H18ClN3O3/c1-11(24)22-17(9-12-10-21-15-7-3-2-5-13(12)15)19(26)23-16-8-4-6-14(20)18(16)25/h2-8,10,17,21,25H,9H2,1H3,(H,22,24)(H,23,26). The van der Waals surface area contributed by atoms with Crippen LogP contribution in [0.2, 0.25) is 5.02 Å². The van der Waals surface area contributed by atoms with E-state index in [1.54, 1.807) is 6.07 Å². The Kier molecular flexibility index (Phi) is 5.14. The molecular weight excluding hydrogens is 354 g/mol. The molecule has 0 bridgehead atoms. The molecule has 0 saturated heterocycles. The SMILES string of the molecule is CC(=O)NC(Cc1c[nH]c2ccccc12)C(=O)Nc1cccc(Cl)c1O. The molecule has 0 saturated carbocycles. The molecule has 7 heteroatoms. The predicted molar refractivity (Wildman–Crippen MR) is 101 cm³/mol. The normalized spacial score (nSPS) is 11.9. The van der Waals surface area contributed by atoms with Gasteiger partial charge >= 0.3 is 0 Å². The third-order valence-electron chi connectivity index (χ3n) is 4.04. The minimum atomic E-state index is -0.801. The lowest BCUT2D eigenvalue weighted by Crippen LogP contribution is -2.44. The summed E-state index contributed by atoms with van der Waals surface area (Å²) >= 11 is 5.87. The van der Waals surface area contributed by atoms with Gasteiger partial charge < -0.3 is 20.7 Å². The van der Waals surface area contributed by atoms with Gasteiger partial charge in [0.15, 0.2) is 5.75 Å². The van der Waals surface area contributed by atoms with Gasteiger partial charge in [0.25, 0.3) is 0 Å². The fourth-order valence-electron chi connectivity index (χ4n) is 2.81. The fraction of sp³-hybridized carbons (Fsp3) is 0.158. The molecule has 6 nitrogen and oxygen atoms in total. The third kappa shape index (κ3) is 3.81. The zero-order chi connectivity index (χ0) is 18.7. The van der Waals surface area contributed by atoms with E-state index >= 15 is 0 Å². The highest BCUT2D eigenvalue weighted by Crippen LogP contribution is 2.31. The average molecular weight is 372 g/mol. The summed E-state index contributed by atoms with van der Waals surface area (Å²) in [6.07, 6.45) is 2.13. The summed E-state index contributed by atoms with van der Waals surface area (Å²) in [7, 11) is 0. The summed E-state index contributed by atoms with van der Waals surface area (Å²) in [6, 6.07) is 11.6. The predicted octanol–water partition coefficient (Wildman–Crippen LogP) is 3.21. The number of hydrogen-bond acceptors (Lipinski definition) is 3. The Balaban J connectivity index is 1.84. The number of carbonyl (C=O) groups excluding carboxylic acids is 2. The number of halogens is 1. The Bertz CT molecular complexity index is 968. The van der Waals surface area contributed by atoms with Crippen molar-refractivity contribution in [3.63, 3.8) is 0 Å². The number of aromatic amines is 1. The number of benzene rings is 2. The van der Waals surface area contributed by atoms with Gasteiger partial charge in [-0.3, -0.25) is 9.59 Å². The number of anilines is 1.